The van der Waals surface area contributed by atoms with Crippen LogP contribution in [0.3, 0.4) is 0 Å². The lowest BCUT2D eigenvalue weighted by Gasteiger charge is -2.04. The molecule has 0 radical (unpaired) electrons. The van der Waals surface area contributed by atoms with Crippen LogP contribution in [0.1, 0.15) is 135 Å². The summed E-state index contributed by atoms with van der Waals surface area (Å²) in [6.07, 6.45) is 33.4. The molecule has 0 saturated heterocycles. The summed E-state index contributed by atoms with van der Waals surface area (Å²) in [5.41, 5.74) is 0. The Labute approximate surface area is 207 Å². The molecule has 0 spiro atoms. The number of aromatic nitrogens is 1. The Kier molecular flexibility index (Phi) is 33.8. The SMILES string of the molecule is CCCCCCCCCCCCCCCCCCCCCC[n+]1ccccc1.Cl.N.[Cl-]. The molecular formula is C27H54Cl2N2. The first kappa shape index (κ1) is 35.3. The Balaban J connectivity index is -0.00000261. The Morgan fingerprint density at radius 1 is 0.452 bits per heavy atom. The Morgan fingerprint density at radius 2 is 0.742 bits per heavy atom. The van der Waals surface area contributed by atoms with Crippen LogP contribution in [0.2, 0.25) is 0 Å². The van der Waals surface area contributed by atoms with E-state index in [4.69, 9.17) is 0 Å². The molecule has 4 heteroatoms. The van der Waals surface area contributed by atoms with E-state index >= 15 is 0 Å². The number of hydrogen-bond donors (Lipinski definition) is 1. The number of hydrogen-bond acceptors (Lipinski definition) is 1. The Hall–Kier alpha value is -0.310. The van der Waals surface area contributed by atoms with Crippen LogP contribution in [-0.2, 0) is 6.54 Å². The van der Waals surface area contributed by atoms with Gasteiger partial charge >= 0.3 is 0 Å². The Bertz CT molecular complexity index is 415. The molecular weight excluding hydrogens is 423 g/mol. The van der Waals surface area contributed by atoms with Gasteiger partial charge in [-0.3, -0.25) is 0 Å². The fraction of sp³-hybridized carbons (Fsp3) is 0.815. The predicted octanol–water partition coefficient (Wildman–Crippen LogP) is 6.38. The molecule has 1 aromatic heterocycles. The van der Waals surface area contributed by atoms with Crippen LogP contribution in [0.4, 0.5) is 0 Å². The second kappa shape index (κ2) is 29.7. The van der Waals surface area contributed by atoms with Crippen molar-refractivity contribution in [2.45, 2.75) is 142 Å². The zero-order chi connectivity index (χ0) is 20.0. The summed E-state index contributed by atoms with van der Waals surface area (Å²) in [6.45, 7) is 3.48. The highest BCUT2D eigenvalue weighted by molar-refractivity contribution is 5.85. The quantitative estimate of drug-likeness (QED) is 0.162. The summed E-state index contributed by atoms with van der Waals surface area (Å²) >= 11 is 0. The van der Waals surface area contributed by atoms with Gasteiger partial charge in [0.05, 0.1) is 0 Å². The standard InChI is InChI=1S/C27H50N.2ClH.H3N/c1-2-3-4-5-6-7-8-9-10-11-12-13-14-15-16-17-18-19-20-22-25-28-26-23-21-24-27-28;;;/h21,23-24,26-27H,2-20,22,25H2,1H3;2*1H;1H3/q+1;;;/p-1. The van der Waals surface area contributed by atoms with Gasteiger partial charge in [-0.2, -0.15) is 0 Å². The van der Waals surface area contributed by atoms with Crippen LogP contribution in [0, 0.1) is 0 Å². The molecule has 2 nitrogen and oxygen atoms in total. The summed E-state index contributed by atoms with van der Waals surface area (Å²) in [5, 5.41) is 0. The molecule has 0 unspecified atom stereocenters. The van der Waals surface area contributed by atoms with E-state index in [-0.39, 0.29) is 31.0 Å². The number of unbranched alkanes of at least 4 members (excludes halogenated alkanes) is 19. The molecule has 0 saturated carbocycles. The lowest BCUT2D eigenvalue weighted by molar-refractivity contribution is -0.697. The summed E-state index contributed by atoms with van der Waals surface area (Å²) in [5.74, 6) is 0. The molecule has 1 rings (SSSR count). The van der Waals surface area contributed by atoms with Crippen molar-refractivity contribution in [3.63, 3.8) is 0 Å². The molecule has 0 bridgehead atoms. The van der Waals surface area contributed by atoms with Crippen molar-refractivity contribution < 1.29 is 17.0 Å². The van der Waals surface area contributed by atoms with E-state index < -0.39 is 0 Å². The number of aryl methyl sites for hydroxylation is 1. The largest absolute Gasteiger partial charge is 1.00 e. The second-order valence-electron chi connectivity index (χ2n) is 8.83. The van der Waals surface area contributed by atoms with Gasteiger partial charge in [0, 0.05) is 18.6 Å². The molecule has 0 aliphatic rings. The summed E-state index contributed by atoms with van der Waals surface area (Å²) < 4.78 is 2.30. The van der Waals surface area contributed by atoms with E-state index in [1.807, 2.05) is 0 Å². The molecule has 0 amide bonds. The minimum Gasteiger partial charge on any atom is -1.00 e. The molecule has 0 aliphatic carbocycles. The zero-order valence-electron chi connectivity index (χ0n) is 20.7. The van der Waals surface area contributed by atoms with Crippen molar-refractivity contribution in [2.75, 3.05) is 0 Å². The maximum absolute atomic E-state index is 2.30. The van der Waals surface area contributed by atoms with Gasteiger partial charge < -0.3 is 18.6 Å². The van der Waals surface area contributed by atoms with Crippen LogP contribution in [-0.4, -0.2) is 0 Å². The average molecular weight is 478 g/mol. The minimum absolute atomic E-state index is 0. The topological polar surface area (TPSA) is 38.9 Å². The number of rotatable bonds is 21. The van der Waals surface area contributed by atoms with Gasteiger partial charge in [0.2, 0.25) is 0 Å². The van der Waals surface area contributed by atoms with E-state index in [9.17, 15) is 0 Å². The predicted molar refractivity (Wildman–Crippen MR) is 137 cm³/mol. The molecule has 0 aliphatic heterocycles. The monoisotopic (exact) mass is 476 g/mol. The molecule has 0 aromatic carbocycles. The molecule has 3 N–H and O–H groups in total. The number of nitrogens with zero attached hydrogens (tertiary/aromatic N) is 1. The van der Waals surface area contributed by atoms with Crippen LogP contribution >= 0.6 is 12.4 Å². The van der Waals surface area contributed by atoms with Crippen molar-refractivity contribution in [2.24, 2.45) is 0 Å². The molecule has 1 heterocycles. The lowest BCUT2D eigenvalue weighted by Crippen LogP contribution is -3.00. The molecule has 31 heavy (non-hydrogen) atoms. The van der Waals surface area contributed by atoms with Gasteiger partial charge in [0.25, 0.3) is 0 Å². The first-order valence-electron chi connectivity index (χ1n) is 12.9. The molecule has 0 atom stereocenters. The third-order valence-corrected chi connectivity index (χ3v) is 6.05. The average Bonchev–Trinajstić information content (AvgIpc) is 2.73. The first-order chi connectivity index (χ1) is 13.9. The van der Waals surface area contributed by atoms with Crippen LogP contribution in [0.15, 0.2) is 30.6 Å². The van der Waals surface area contributed by atoms with Crippen molar-refractivity contribution in [1.29, 1.82) is 0 Å². The smallest absolute Gasteiger partial charge is 0.168 e. The fourth-order valence-corrected chi connectivity index (χ4v) is 4.13. The summed E-state index contributed by atoms with van der Waals surface area (Å²) in [6, 6.07) is 6.33. The van der Waals surface area contributed by atoms with Gasteiger partial charge in [0.15, 0.2) is 12.4 Å². The third kappa shape index (κ3) is 25.8. The minimum atomic E-state index is 0. The number of halogens is 2. The van der Waals surface area contributed by atoms with Gasteiger partial charge in [-0.25, -0.2) is 4.57 Å². The summed E-state index contributed by atoms with van der Waals surface area (Å²) in [7, 11) is 0. The van der Waals surface area contributed by atoms with E-state index in [1.54, 1.807) is 0 Å². The Morgan fingerprint density at radius 3 is 1.06 bits per heavy atom. The van der Waals surface area contributed by atoms with E-state index in [2.05, 4.69) is 42.1 Å². The van der Waals surface area contributed by atoms with Gasteiger partial charge in [-0.15, -0.1) is 12.4 Å². The zero-order valence-corrected chi connectivity index (χ0v) is 22.2. The maximum atomic E-state index is 2.30. The number of pyridine rings is 1. The second-order valence-corrected chi connectivity index (χ2v) is 8.83. The third-order valence-electron chi connectivity index (χ3n) is 6.05. The normalized spacial score (nSPS) is 10.1. The lowest BCUT2D eigenvalue weighted by atomic mass is 10.0. The fourth-order valence-electron chi connectivity index (χ4n) is 4.13. The maximum Gasteiger partial charge on any atom is 0.168 e. The van der Waals surface area contributed by atoms with Gasteiger partial charge in [-0.1, -0.05) is 129 Å². The molecule has 0 fully saturated rings. The van der Waals surface area contributed by atoms with Gasteiger partial charge in [-0.05, 0) is 6.42 Å². The van der Waals surface area contributed by atoms with Crippen molar-refractivity contribution in [1.82, 2.24) is 6.15 Å². The highest BCUT2D eigenvalue weighted by Gasteiger charge is 1.98. The van der Waals surface area contributed by atoms with E-state index in [0.29, 0.717) is 0 Å². The van der Waals surface area contributed by atoms with Crippen molar-refractivity contribution in [3.05, 3.63) is 30.6 Å². The summed E-state index contributed by atoms with van der Waals surface area (Å²) in [4.78, 5) is 0. The van der Waals surface area contributed by atoms with Crippen molar-refractivity contribution >= 4 is 12.4 Å². The van der Waals surface area contributed by atoms with Crippen LogP contribution in [0.25, 0.3) is 0 Å². The molecule has 1 aromatic rings. The van der Waals surface area contributed by atoms with E-state index in [0.717, 1.165) is 0 Å². The molecule has 186 valence electrons. The van der Waals surface area contributed by atoms with Crippen molar-refractivity contribution in [3.8, 4) is 0 Å². The highest BCUT2D eigenvalue weighted by Crippen LogP contribution is 2.14. The van der Waals surface area contributed by atoms with Crippen LogP contribution in [0.5, 0.6) is 0 Å². The highest BCUT2D eigenvalue weighted by atomic mass is 35.5. The first-order valence-corrected chi connectivity index (χ1v) is 12.9. The van der Waals surface area contributed by atoms with Gasteiger partial charge in [0.1, 0.15) is 6.54 Å². The van der Waals surface area contributed by atoms with Crippen LogP contribution < -0.4 is 23.1 Å². The van der Waals surface area contributed by atoms with E-state index in [1.165, 1.54) is 135 Å².